The first-order chi connectivity index (χ1) is 16.7. The van der Waals surface area contributed by atoms with Crippen LogP contribution in [0.4, 0.5) is 0 Å². The Morgan fingerprint density at radius 1 is 0.971 bits per heavy atom. The fraction of sp³-hybridized carbons (Fsp3) is 0.115. The van der Waals surface area contributed by atoms with Gasteiger partial charge in [0.1, 0.15) is 11.4 Å². The van der Waals surface area contributed by atoms with Crippen LogP contribution in [0.25, 0.3) is 21.3 Å². The van der Waals surface area contributed by atoms with Gasteiger partial charge in [-0.05, 0) is 41.0 Å². The minimum atomic E-state index is -0.231. The number of amides is 1. The quantitative estimate of drug-likeness (QED) is 0.375. The van der Waals surface area contributed by atoms with Crippen LogP contribution >= 0.6 is 11.3 Å². The van der Waals surface area contributed by atoms with Gasteiger partial charge in [0, 0.05) is 6.54 Å². The van der Waals surface area contributed by atoms with Gasteiger partial charge in [-0.2, -0.15) is 5.26 Å². The summed E-state index contributed by atoms with van der Waals surface area (Å²) in [6.45, 7) is 0.325. The van der Waals surface area contributed by atoms with Gasteiger partial charge in [0.05, 0.1) is 28.3 Å². The van der Waals surface area contributed by atoms with E-state index in [0.29, 0.717) is 24.4 Å². The molecule has 0 spiro atoms. The molecule has 0 aliphatic carbocycles. The second-order valence-electron chi connectivity index (χ2n) is 7.69. The summed E-state index contributed by atoms with van der Waals surface area (Å²) >= 11 is 1.59. The molecule has 0 unspecified atom stereocenters. The Balaban J connectivity index is 1.21. The zero-order chi connectivity index (χ0) is 23.3. The van der Waals surface area contributed by atoms with E-state index < -0.39 is 0 Å². The van der Waals surface area contributed by atoms with Crippen molar-refractivity contribution in [3.8, 4) is 17.2 Å². The Morgan fingerprint density at radius 2 is 1.82 bits per heavy atom. The van der Waals surface area contributed by atoms with Crippen molar-refractivity contribution in [2.75, 3.05) is 0 Å². The van der Waals surface area contributed by atoms with Crippen LogP contribution in [0.5, 0.6) is 0 Å². The molecular weight excluding hydrogens is 446 g/mol. The zero-order valence-corrected chi connectivity index (χ0v) is 18.9. The fourth-order valence-corrected chi connectivity index (χ4v) is 4.57. The number of benzene rings is 3. The Hall–Kier alpha value is -4.35. The van der Waals surface area contributed by atoms with Gasteiger partial charge in [-0.25, -0.2) is 4.98 Å². The summed E-state index contributed by atoms with van der Waals surface area (Å²) in [5, 5.41) is 20.7. The van der Waals surface area contributed by atoms with Gasteiger partial charge in [0.25, 0.3) is 0 Å². The molecule has 2 heterocycles. The molecule has 8 heteroatoms. The van der Waals surface area contributed by atoms with Crippen LogP contribution in [0, 0.1) is 11.3 Å². The van der Waals surface area contributed by atoms with E-state index in [1.807, 2.05) is 30.3 Å². The Morgan fingerprint density at radius 3 is 2.68 bits per heavy atom. The fourth-order valence-electron chi connectivity index (χ4n) is 3.57. The number of hydrogen-bond acceptors (Lipinski definition) is 7. The normalized spacial score (nSPS) is 10.8. The number of carbonyl (C=O) groups excluding carboxylic acids is 1. The van der Waals surface area contributed by atoms with E-state index >= 15 is 0 Å². The second-order valence-corrected chi connectivity index (χ2v) is 8.80. The van der Waals surface area contributed by atoms with Gasteiger partial charge in [0.15, 0.2) is 0 Å². The van der Waals surface area contributed by atoms with Crippen molar-refractivity contribution in [3.63, 3.8) is 0 Å². The van der Waals surface area contributed by atoms with E-state index in [9.17, 15) is 4.79 Å². The number of fused-ring (bicyclic) bond motifs is 1. The lowest BCUT2D eigenvalue weighted by atomic mass is 10.1. The highest BCUT2D eigenvalue weighted by molar-refractivity contribution is 7.18. The molecule has 0 aliphatic heterocycles. The third-order valence-electron chi connectivity index (χ3n) is 5.21. The van der Waals surface area contributed by atoms with Crippen molar-refractivity contribution >= 4 is 27.5 Å². The molecule has 0 saturated carbocycles. The van der Waals surface area contributed by atoms with Gasteiger partial charge < -0.3 is 9.73 Å². The molecule has 0 saturated heterocycles. The number of rotatable bonds is 7. The molecule has 0 aliphatic rings. The highest BCUT2D eigenvalue weighted by Crippen LogP contribution is 2.29. The Kier molecular flexibility index (Phi) is 6.10. The van der Waals surface area contributed by atoms with Gasteiger partial charge in [0.2, 0.25) is 17.7 Å². The summed E-state index contributed by atoms with van der Waals surface area (Å²) in [6, 6.07) is 25.6. The molecule has 5 rings (SSSR count). The molecular formula is C26H19N5O2S. The lowest BCUT2D eigenvalue weighted by molar-refractivity contribution is -0.120. The number of thiazole rings is 1. The monoisotopic (exact) mass is 465 g/mol. The van der Waals surface area contributed by atoms with Crippen molar-refractivity contribution in [2.45, 2.75) is 19.4 Å². The molecule has 0 radical (unpaired) electrons. The van der Waals surface area contributed by atoms with Gasteiger partial charge in [-0.1, -0.05) is 48.5 Å². The van der Waals surface area contributed by atoms with E-state index in [1.165, 1.54) is 0 Å². The lowest BCUT2D eigenvalue weighted by Gasteiger charge is -2.04. The van der Waals surface area contributed by atoms with E-state index in [4.69, 9.17) is 9.68 Å². The summed E-state index contributed by atoms with van der Waals surface area (Å²) in [4.78, 5) is 16.9. The minimum Gasteiger partial charge on any atom is -0.424 e. The number of nitriles is 1. The van der Waals surface area contributed by atoms with Crippen LogP contribution in [-0.2, 0) is 24.2 Å². The smallest absolute Gasteiger partial charge is 0.229 e. The van der Waals surface area contributed by atoms with E-state index in [2.05, 4.69) is 50.8 Å². The maximum Gasteiger partial charge on any atom is 0.229 e. The predicted octanol–water partition coefficient (Wildman–Crippen LogP) is 4.67. The Labute approximate surface area is 199 Å². The van der Waals surface area contributed by atoms with Crippen LogP contribution in [-0.4, -0.2) is 21.1 Å². The molecule has 3 aromatic carbocycles. The number of carbonyl (C=O) groups is 1. The Bertz CT molecular complexity index is 1500. The van der Waals surface area contributed by atoms with Gasteiger partial charge >= 0.3 is 0 Å². The van der Waals surface area contributed by atoms with E-state index in [1.54, 1.807) is 29.5 Å². The molecule has 34 heavy (non-hydrogen) atoms. The third-order valence-corrected chi connectivity index (χ3v) is 6.23. The van der Waals surface area contributed by atoms with Gasteiger partial charge in [-0.3, -0.25) is 4.79 Å². The summed E-state index contributed by atoms with van der Waals surface area (Å²) in [7, 11) is 0. The highest BCUT2D eigenvalue weighted by Gasteiger charge is 2.14. The number of nitrogens with zero attached hydrogens (tertiary/aromatic N) is 4. The number of aromatic nitrogens is 3. The summed E-state index contributed by atoms with van der Waals surface area (Å²) in [5.41, 5.74) is 4.65. The predicted molar refractivity (Wildman–Crippen MR) is 129 cm³/mol. The molecule has 7 nitrogen and oxygen atoms in total. The summed E-state index contributed by atoms with van der Waals surface area (Å²) in [6.07, 6.45) is 0.404. The summed E-state index contributed by atoms with van der Waals surface area (Å²) < 4.78 is 6.77. The van der Waals surface area contributed by atoms with Crippen LogP contribution < -0.4 is 5.32 Å². The topological polar surface area (TPSA) is 105 Å². The van der Waals surface area contributed by atoms with Crippen LogP contribution in [0.15, 0.2) is 77.2 Å². The molecule has 166 valence electrons. The largest absolute Gasteiger partial charge is 0.424 e. The van der Waals surface area contributed by atoms with Crippen LogP contribution in [0.1, 0.15) is 27.9 Å². The highest BCUT2D eigenvalue weighted by atomic mass is 32.1. The first-order valence-electron chi connectivity index (χ1n) is 10.7. The minimum absolute atomic E-state index is 0.00871. The second kappa shape index (κ2) is 9.65. The lowest BCUT2D eigenvalue weighted by Crippen LogP contribution is -2.24. The first kappa shape index (κ1) is 21.5. The first-order valence-corrected chi connectivity index (χ1v) is 11.5. The van der Waals surface area contributed by atoms with Crippen molar-refractivity contribution < 1.29 is 9.21 Å². The molecule has 1 amide bonds. The third kappa shape index (κ3) is 5.00. The average molecular weight is 466 g/mol. The molecule has 0 fully saturated rings. The zero-order valence-electron chi connectivity index (χ0n) is 18.1. The average Bonchev–Trinajstić information content (AvgIpc) is 3.49. The maximum absolute atomic E-state index is 12.3. The maximum atomic E-state index is 12.3. The molecule has 0 atom stereocenters. The van der Waals surface area contributed by atoms with Crippen LogP contribution in [0.3, 0.4) is 0 Å². The number of nitrogens with one attached hydrogen (secondary N) is 1. The van der Waals surface area contributed by atoms with Crippen molar-refractivity contribution in [1.29, 1.82) is 5.26 Å². The molecule has 2 aromatic heterocycles. The summed E-state index contributed by atoms with van der Waals surface area (Å²) in [5.74, 6) is 0.448. The van der Waals surface area contributed by atoms with E-state index in [-0.39, 0.29) is 18.2 Å². The SMILES string of the molecule is N#Cc1cccc(CNC(=O)Cc2nnc(Cc3nc4ccc(-c5ccccc5)cc4s3)o2)c1. The molecule has 5 aromatic rings. The molecule has 0 bridgehead atoms. The van der Waals surface area contributed by atoms with E-state index in [0.717, 1.165) is 31.9 Å². The van der Waals surface area contributed by atoms with Crippen molar-refractivity contribution in [1.82, 2.24) is 20.5 Å². The standard InChI is InChI=1S/C26H19N5O2S/c27-15-17-5-4-6-18(11-17)16-28-23(32)13-24-30-31-25(33-24)14-26-29-21-10-9-20(12-22(21)34-26)19-7-2-1-3-8-19/h1-12H,13-14,16H2,(H,28,32). The van der Waals surface area contributed by atoms with Crippen molar-refractivity contribution in [2.24, 2.45) is 0 Å². The van der Waals surface area contributed by atoms with Gasteiger partial charge in [-0.15, -0.1) is 21.5 Å². The molecule has 1 N–H and O–H groups in total. The van der Waals surface area contributed by atoms with Crippen LogP contribution in [0.2, 0.25) is 0 Å². The van der Waals surface area contributed by atoms with Crippen molar-refractivity contribution in [3.05, 3.63) is 101 Å². The number of hydrogen-bond donors (Lipinski definition) is 1.